The molecule has 1 heteroatoms. The van der Waals surface area contributed by atoms with E-state index in [9.17, 15) is 0 Å². The van der Waals surface area contributed by atoms with Crippen molar-refractivity contribution in [2.24, 2.45) is 11.8 Å². The molecular formula is C22H31N. The van der Waals surface area contributed by atoms with E-state index in [2.05, 4.69) is 49.0 Å². The first-order valence-electron chi connectivity index (χ1n) is 8.80. The molecule has 0 heterocycles. The van der Waals surface area contributed by atoms with Crippen molar-refractivity contribution in [2.45, 2.75) is 46.5 Å². The molecule has 1 aliphatic rings. The number of hydrogen-bond acceptors (Lipinski definition) is 1. The van der Waals surface area contributed by atoms with Gasteiger partial charge in [0.2, 0.25) is 0 Å². The maximum atomic E-state index is 3.81. The smallest absolute Gasteiger partial charge is 0.0841 e. The molecule has 1 aromatic carbocycles. The zero-order valence-electron chi connectivity index (χ0n) is 15.0. The van der Waals surface area contributed by atoms with Crippen molar-refractivity contribution in [1.82, 2.24) is 5.32 Å². The Hall–Kier alpha value is -1.94. The largest absolute Gasteiger partial charge is 0.378 e. The highest BCUT2D eigenvalue weighted by molar-refractivity contribution is 5.62. The molecule has 1 fully saturated rings. The summed E-state index contributed by atoms with van der Waals surface area (Å²) in [5.41, 5.74) is 9.59. The Kier molecular flexibility index (Phi) is 8.91. The summed E-state index contributed by atoms with van der Waals surface area (Å²) in [6, 6.07) is 10.3. The van der Waals surface area contributed by atoms with E-state index in [1.54, 1.807) is 0 Å². The Labute approximate surface area is 142 Å². The van der Waals surface area contributed by atoms with E-state index in [1.165, 1.54) is 31.3 Å². The zero-order chi connectivity index (χ0) is 17.1. The van der Waals surface area contributed by atoms with Gasteiger partial charge in [0.15, 0.2) is 0 Å². The summed E-state index contributed by atoms with van der Waals surface area (Å²) in [5.74, 6) is 1.37. The van der Waals surface area contributed by atoms with Crippen molar-refractivity contribution in [2.75, 3.05) is 6.54 Å². The highest BCUT2D eigenvalue weighted by Crippen LogP contribution is 2.33. The van der Waals surface area contributed by atoms with E-state index in [0.29, 0.717) is 11.8 Å². The molecule has 1 saturated carbocycles. The van der Waals surface area contributed by atoms with E-state index >= 15 is 0 Å². The first kappa shape index (κ1) is 19.1. The lowest BCUT2D eigenvalue weighted by molar-refractivity contribution is 0.294. The minimum Gasteiger partial charge on any atom is -0.378 e. The average Bonchev–Trinajstić information content (AvgIpc) is 2.64. The lowest BCUT2D eigenvalue weighted by Gasteiger charge is -2.29. The maximum absolute atomic E-state index is 3.81. The van der Waals surface area contributed by atoms with Crippen LogP contribution < -0.4 is 5.32 Å². The molecule has 1 N–H and O–H groups in total. The summed E-state index contributed by atoms with van der Waals surface area (Å²) >= 11 is 0. The van der Waals surface area contributed by atoms with Crippen LogP contribution in [0.1, 0.15) is 52.0 Å². The fourth-order valence-corrected chi connectivity index (χ4v) is 3.13. The molecule has 0 amide bonds. The second-order valence-corrected chi connectivity index (χ2v) is 5.89. The van der Waals surface area contributed by atoms with Gasteiger partial charge in [-0.15, -0.1) is 11.5 Å². The number of allylic oxidation sites excluding steroid dienone is 1. The quantitative estimate of drug-likeness (QED) is 0.661. The molecule has 0 spiro atoms. The number of hydrogen-bond donors (Lipinski definition) is 1. The van der Waals surface area contributed by atoms with Crippen molar-refractivity contribution in [3.63, 3.8) is 0 Å². The summed E-state index contributed by atoms with van der Waals surface area (Å²) in [4.78, 5) is 0. The molecule has 1 aromatic rings. The van der Waals surface area contributed by atoms with Gasteiger partial charge in [0.05, 0.1) is 5.70 Å². The summed E-state index contributed by atoms with van der Waals surface area (Å²) in [6.45, 7) is 14.8. The van der Waals surface area contributed by atoms with Gasteiger partial charge in [0.1, 0.15) is 0 Å². The van der Waals surface area contributed by atoms with Crippen LogP contribution in [-0.2, 0) is 0 Å². The number of rotatable bonds is 5. The molecule has 0 aromatic heterocycles. The van der Waals surface area contributed by atoms with Gasteiger partial charge >= 0.3 is 0 Å². The fraction of sp³-hybridized carbons (Fsp3) is 0.455. The van der Waals surface area contributed by atoms with E-state index in [0.717, 1.165) is 17.8 Å². The van der Waals surface area contributed by atoms with Crippen LogP contribution in [-0.4, -0.2) is 6.54 Å². The van der Waals surface area contributed by atoms with Gasteiger partial charge in [-0.25, -0.2) is 0 Å². The van der Waals surface area contributed by atoms with Gasteiger partial charge in [0.25, 0.3) is 0 Å². The molecule has 2 rings (SSSR count). The van der Waals surface area contributed by atoms with Crippen LogP contribution in [0, 0.1) is 11.8 Å². The predicted molar refractivity (Wildman–Crippen MR) is 102 cm³/mol. The third-order valence-corrected chi connectivity index (χ3v) is 4.48. The van der Waals surface area contributed by atoms with E-state index < -0.39 is 0 Å². The minimum atomic E-state index is 0.663. The monoisotopic (exact) mass is 309 g/mol. The Morgan fingerprint density at radius 2 is 1.83 bits per heavy atom. The normalized spacial score (nSPS) is 19.4. The molecule has 0 unspecified atom stereocenters. The summed E-state index contributed by atoms with van der Waals surface area (Å²) in [5, 5.41) is 3.53. The summed E-state index contributed by atoms with van der Waals surface area (Å²) in [7, 11) is 0. The molecule has 0 bridgehead atoms. The van der Waals surface area contributed by atoms with Gasteiger partial charge in [-0.3, -0.25) is 0 Å². The highest BCUT2D eigenvalue weighted by atomic mass is 14.9. The average molecular weight is 309 g/mol. The fourth-order valence-electron chi connectivity index (χ4n) is 3.13. The van der Waals surface area contributed by atoms with E-state index in [1.807, 2.05) is 32.0 Å². The van der Waals surface area contributed by atoms with Gasteiger partial charge in [-0.05, 0) is 43.6 Å². The highest BCUT2D eigenvalue weighted by Gasteiger charge is 2.23. The molecule has 124 valence electrons. The van der Waals surface area contributed by atoms with Crippen molar-refractivity contribution in [1.29, 1.82) is 0 Å². The standard InChI is InChI=1S/C20H25N.C2H6/c1-4-16(3)19-13-9-10-17(14-19)15-21-20(5-2)18-11-7-6-8-12-18;1-2/h6-8,11-12,17,19,21H,1-2,9-10,13-15H2,3H3;1-2H3/t17-,19-;/m0./s1. The molecule has 0 aliphatic heterocycles. The van der Waals surface area contributed by atoms with Crippen LogP contribution >= 0.6 is 0 Å². The summed E-state index contributed by atoms with van der Waals surface area (Å²) < 4.78 is 0. The Balaban J connectivity index is 0.00000127. The number of benzene rings is 1. The van der Waals surface area contributed by atoms with Crippen LogP contribution in [0.15, 0.2) is 60.5 Å². The molecule has 1 aliphatic carbocycles. The topological polar surface area (TPSA) is 12.0 Å². The SMILES string of the molecule is C=C=C(NC[C@H]1CCC[C@H](C(C)=C=C)C1)c1ccccc1.CC. The maximum Gasteiger partial charge on any atom is 0.0841 e. The van der Waals surface area contributed by atoms with E-state index in [4.69, 9.17) is 0 Å². The Morgan fingerprint density at radius 3 is 2.43 bits per heavy atom. The number of nitrogens with one attached hydrogen (secondary N) is 1. The van der Waals surface area contributed by atoms with Crippen molar-refractivity contribution in [3.8, 4) is 0 Å². The zero-order valence-corrected chi connectivity index (χ0v) is 15.0. The third-order valence-electron chi connectivity index (χ3n) is 4.48. The van der Waals surface area contributed by atoms with Gasteiger partial charge in [-0.2, -0.15) is 0 Å². The van der Waals surface area contributed by atoms with Crippen molar-refractivity contribution < 1.29 is 0 Å². The first-order valence-corrected chi connectivity index (χ1v) is 8.80. The van der Waals surface area contributed by atoms with Gasteiger partial charge in [-0.1, -0.05) is 63.8 Å². The van der Waals surface area contributed by atoms with Crippen molar-refractivity contribution >= 4 is 5.70 Å². The molecule has 2 atom stereocenters. The second kappa shape index (κ2) is 10.7. The minimum absolute atomic E-state index is 0.663. The van der Waals surface area contributed by atoms with Crippen molar-refractivity contribution in [3.05, 3.63) is 66.1 Å². The molecule has 0 radical (unpaired) electrons. The first-order chi connectivity index (χ1) is 11.2. The van der Waals surface area contributed by atoms with E-state index in [-0.39, 0.29) is 0 Å². The Bertz CT molecular complexity index is 557. The van der Waals surface area contributed by atoms with Crippen LogP contribution in [0.2, 0.25) is 0 Å². The van der Waals surface area contributed by atoms with Gasteiger partial charge in [0, 0.05) is 12.1 Å². The lowest BCUT2D eigenvalue weighted by Crippen LogP contribution is -2.26. The van der Waals surface area contributed by atoms with Crippen LogP contribution in [0.25, 0.3) is 5.70 Å². The van der Waals surface area contributed by atoms with Crippen LogP contribution in [0.5, 0.6) is 0 Å². The van der Waals surface area contributed by atoms with Crippen LogP contribution in [0.3, 0.4) is 0 Å². The third kappa shape index (κ3) is 5.99. The van der Waals surface area contributed by atoms with Gasteiger partial charge < -0.3 is 5.32 Å². The molecule has 1 nitrogen and oxygen atoms in total. The molecule has 0 saturated heterocycles. The summed E-state index contributed by atoms with van der Waals surface area (Å²) in [6.07, 6.45) is 5.12. The molecular weight excluding hydrogens is 278 g/mol. The lowest BCUT2D eigenvalue weighted by atomic mass is 9.78. The Morgan fingerprint density at radius 1 is 1.13 bits per heavy atom. The second-order valence-electron chi connectivity index (χ2n) is 5.89. The van der Waals surface area contributed by atoms with Crippen LogP contribution in [0.4, 0.5) is 0 Å². The molecule has 23 heavy (non-hydrogen) atoms. The predicted octanol–water partition coefficient (Wildman–Crippen LogP) is 5.97.